The predicted molar refractivity (Wildman–Crippen MR) is 72.8 cm³/mol. The zero-order valence-corrected chi connectivity index (χ0v) is 11.5. The molecule has 1 aromatic rings. The molecule has 0 bridgehead atoms. The van der Waals surface area contributed by atoms with E-state index in [0.29, 0.717) is 12.4 Å². The van der Waals surface area contributed by atoms with Crippen molar-refractivity contribution in [2.24, 2.45) is 5.41 Å². The fraction of sp³-hybridized carbons (Fsp3) is 0.600. The van der Waals surface area contributed by atoms with Gasteiger partial charge >= 0.3 is 0 Å². The average molecular weight is 249 g/mol. The molecule has 3 heteroatoms. The lowest BCUT2D eigenvalue weighted by atomic mass is 9.87. The number of aromatic hydroxyl groups is 1. The Kier molecular flexibility index (Phi) is 3.93. The maximum absolute atomic E-state index is 9.98. The van der Waals surface area contributed by atoms with Gasteiger partial charge in [0.2, 0.25) is 0 Å². The first kappa shape index (κ1) is 13.4. The summed E-state index contributed by atoms with van der Waals surface area (Å²) in [6, 6.07) is 5.87. The van der Waals surface area contributed by atoms with Gasteiger partial charge in [0.25, 0.3) is 0 Å². The Morgan fingerprint density at radius 2 is 2.17 bits per heavy atom. The lowest BCUT2D eigenvalue weighted by Gasteiger charge is -2.26. The van der Waals surface area contributed by atoms with Crippen LogP contribution in [-0.4, -0.2) is 24.8 Å². The molecule has 0 spiro atoms. The first-order chi connectivity index (χ1) is 8.46. The van der Waals surface area contributed by atoms with Gasteiger partial charge in [-0.3, -0.25) is 0 Å². The van der Waals surface area contributed by atoms with Crippen LogP contribution in [0.25, 0.3) is 0 Å². The lowest BCUT2D eigenvalue weighted by molar-refractivity contribution is 0.0262. The van der Waals surface area contributed by atoms with E-state index in [2.05, 4.69) is 32.2 Å². The monoisotopic (exact) mass is 249 g/mol. The Balaban J connectivity index is 2.20. The number of phenolic OH excluding ortho intramolecular Hbond substituents is 1. The predicted octanol–water partition coefficient (Wildman–Crippen LogP) is 2.64. The number of phenols is 1. The van der Waals surface area contributed by atoms with Gasteiger partial charge in [-0.15, -0.1) is 0 Å². The van der Waals surface area contributed by atoms with Crippen LogP contribution >= 0.6 is 0 Å². The molecule has 0 aromatic heterocycles. The summed E-state index contributed by atoms with van der Waals surface area (Å²) in [4.78, 5) is 0. The third-order valence-electron chi connectivity index (χ3n) is 3.10. The minimum Gasteiger partial charge on any atom is -0.508 e. The first-order valence-corrected chi connectivity index (χ1v) is 6.60. The molecule has 0 aliphatic carbocycles. The standard InChI is InChI=1S/C15H23NO2/c1-15(2,3)9-11-4-5-13(17)12(8-11)14-10-16-6-7-18-14/h4-5,8,14,16-17H,6-7,9-10H2,1-3H3. The number of ether oxygens (including phenoxy) is 1. The number of hydrogen-bond acceptors (Lipinski definition) is 3. The fourth-order valence-electron chi connectivity index (χ4n) is 2.35. The van der Waals surface area contributed by atoms with E-state index in [4.69, 9.17) is 4.74 Å². The molecule has 1 unspecified atom stereocenters. The van der Waals surface area contributed by atoms with E-state index in [9.17, 15) is 5.11 Å². The molecule has 2 N–H and O–H groups in total. The zero-order chi connectivity index (χ0) is 13.2. The van der Waals surface area contributed by atoms with Gasteiger partial charge in [0.05, 0.1) is 12.7 Å². The van der Waals surface area contributed by atoms with Crippen LogP contribution in [0.4, 0.5) is 0 Å². The molecule has 1 saturated heterocycles. The van der Waals surface area contributed by atoms with Crippen molar-refractivity contribution in [2.45, 2.75) is 33.3 Å². The van der Waals surface area contributed by atoms with Gasteiger partial charge in [0.1, 0.15) is 5.75 Å². The normalized spacial score (nSPS) is 20.9. The lowest BCUT2D eigenvalue weighted by Crippen LogP contribution is -2.33. The number of benzene rings is 1. The van der Waals surface area contributed by atoms with Crippen LogP contribution in [0.3, 0.4) is 0 Å². The Morgan fingerprint density at radius 1 is 1.39 bits per heavy atom. The molecule has 1 heterocycles. The molecule has 18 heavy (non-hydrogen) atoms. The second-order valence-corrected chi connectivity index (χ2v) is 6.19. The average Bonchev–Trinajstić information content (AvgIpc) is 2.31. The maximum atomic E-state index is 9.98. The third kappa shape index (κ3) is 3.47. The fourth-order valence-corrected chi connectivity index (χ4v) is 2.35. The molecule has 0 amide bonds. The van der Waals surface area contributed by atoms with E-state index in [1.165, 1.54) is 5.56 Å². The highest BCUT2D eigenvalue weighted by Crippen LogP contribution is 2.30. The van der Waals surface area contributed by atoms with Gasteiger partial charge in [0.15, 0.2) is 0 Å². The quantitative estimate of drug-likeness (QED) is 0.846. The van der Waals surface area contributed by atoms with Crippen molar-refractivity contribution < 1.29 is 9.84 Å². The van der Waals surface area contributed by atoms with Crippen LogP contribution in [0.5, 0.6) is 5.75 Å². The van der Waals surface area contributed by atoms with Crippen LogP contribution in [0.1, 0.15) is 38.0 Å². The molecule has 1 fully saturated rings. The van der Waals surface area contributed by atoms with E-state index < -0.39 is 0 Å². The van der Waals surface area contributed by atoms with Gasteiger partial charge in [-0.25, -0.2) is 0 Å². The highest BCUT2D eigenvalue weighted by atomic mass is 16.5. The molecule has 1 aromatic carbocycles. The van der Waals surface area contributed by atoms with Crippen molar-refractivity contribution in [1.29, 1.82) is 0 Å². The largest absolute Gasteiger partial charge is 0.508 e. The molecule has 3 nitrogen and oxygen atoms in total. The topological polar surface area (TPSA) is 41.5 Å². The van der Waals surface area contributed by atoms with Crippen LogP contribution in [0, 0.1) is 5.41 Å². The molecule has 0 radical (unpaired) electrons. The summed E-state index contributed by atoms with van der Waals surface area (Å²) in [5.41, 5.74) is 2.41. The summed E-state index contributed by atoms with van der Waals surface area (Å²) in [6.07, 6.45) is 0.971. The highest BCUT2D eigenvalue weighted by Gasteiger charge is 2.20. The molecule has 1 aliphatic rings. The van der Waals surface area contributed by atoms with Crippen molar-refractivity contribution in [2.75, 3.05) is 19.7 Å². The molecular formula is C15H23NO2. The highest BCUT2D eigenvalue weighted by molar-refractivity contribution is 5.38. The van der Waals surface area contributed by atoms with E-state index in [1.807, 2.05) is 6.07 Å². The summed E-state index contributed by atoms with van der Waals surface area (Å²) in [5, 5.41) is 13.3. The number of morpholine rings is 1. The van der Waals surface area contributed by atoms with Crippen LogP contribution < -0.4 is 5.32 Å². The van der Waals surface area contributed by atoms with Crippen molar-refractivity contribution in [1.82, 2.24) is 5.32 Å². The van der Waals surface area contributed by atoms with Gasteiger partial charge in [-0.05, 0) is 29.5 Å². The third-order valence-corrected chi connectivity index (χ3v) is 3.10. The summed E-state index contributed by atoms with van der Waals surface area (Å²) in [6.45, 7) is 9.02. The molecule has 2 rings (SSSR count). The van der Waals surface area contributed by atoms with Crippen LogP contribution in [0.15, 0.2) is 18.2 Å². The summed E-state index contributed by atoms with van der Waals surface area (Å²) in [5.74, 6) is 0.335. The molecule has 0 saturated carbocycles. The van der Waals surface area contributed by atoms with E-state index >= 15 is 0 Å². The number of hydrogen-bond donors (Lipinski definition) is 2. The smallest absolute Gasteiger partial charge is 0.121 e. The Hall–Kier alpha value is -1.06. The molecule has 1 atom stereocenters. The second-order valence-electron chi connectivity index (χ2n) is 6.19. The van der Waals surface area contributed by atoms with Crippen LogP contribution in [-0.2, 0) is 11.2 Å². The minimum atomic E-state index is -0.0290. The van der Waals surface area contributed by atoms with E-state index in [1.54, 1.807) is 6.07 Å². The van der Waals surface area contributed by atoms with Crippen molar-refractivity contribution >= 4 is 0 Å². The summed E-state index contributed by atoms with van der Waals surface area (Å²) >= 11 is 0. The van der Waals surface area contributed by atoms with Gasteiger partial charge in [-0.1, -0.05) is 26.8 Å². The Morgan fingerprint density at radius 3 is 2.78 bits per heavy atom. The summed E-state index contributed by atoms with van der Waals surface area (Å²) in [7, 11) is 0. The first-order valence-electron chi connectivity index (χ1n) is 6.60. The molecular weight excluding hydrogens is 226 g/mol. The Bertz CT molecular complexity index is 403. The van der Waals surface area contributed by atoms with Gasteiger partial charge < -0.3 is 15.2 Å². The van der Waals surface area contributed by atoms with Gasteiger partial charge in [0, 0.05) is 18.7 Å². The SMILES string of the molecule is CC(C)(C)Cc1ccc(O)c(C2CNCCO2)c1. The second kappa shape index (κ2) is 5.29. The molecule has 1 aliphatic heterocycles. The van der Waals surface area contributed by atoms with E-state index in [0.717, 1.165) is 25.1 Å². The minimum absolute atomic E-state index is 0.0290. The Labute approximate surface area is 109 Å². The van der Waals surface area contributed by atoms with Crippen LogP contribution in [0.2, 0.25) is 0 Å². The zero-order valence-electron chi connectivity index (χ0n) is 11.5. The van der Waals surface area contributed by atoms with Crippen molar-refractivity contribution in [3.05, 3.63) is 29.3 Å². The molecule has 100 valence electrons. The number of nitrogens with one attached hydrogen (secondary N) is 1. The summed E-state index contributed by atoms with van der Waals surface area (Å²) < 4.78 is 5.71. The van der Waals surface area contributed by atoms with Crippen molar-refractivity contribution in [3.63, 3.8) is 0 Å². The maximum Gasteiger partial charge on any atom is 0.121 e. The number of rotatable bonds is 2. The van der Waals surface area contributed by atoms with E-state index in [-0.39, 0.29) is 11.5 Å². The van der Waals surface area contributed by atoms with Crippen molar-refractivity contribution in [3.8, 4) is 5.75 Å². The van der Waals surface area contributed by atoms with Gasteiger partial charge in [-0.2, -0.15) is 0 Å².